The normalized spacial score (nSPS) is 46.8. The Hall–Kier alpha value is -2.29. The highest BCUT2D eigenvalue weighted by molar-refractivity contribution is 6.32. The fourth-order valence-electron chi connectivity index (χ4n) is 7.94. The van der Waals surface area contributed by atoms with E-state index in [2.05, 4.69) is 0 Å². The molecule has 25 atom stereocenters. The molecule has 0 aromatic heterocycles. The maximum Gasteiger partial charge on any atom is 0.271 e. The molecular formula is C36H54ClNO28. The predicted molar refractivity (Wildman–Crippen MR) is 203 cm³/mol. The fraction of sp³-hybridized carbons (Fsp3) is 0.833. The van der Waals surface area contributed by atoms with Crippen LogP contribution in [-0.4, -0.2) is 273 Å². The number of benzene rings is 1. The van der Waals surface area contributed by atoms with Gasteiger partial charge in [0.2, 0.25) is 6.29 Å². The molecule has 5 fully saturated rings. The third-order valence-electron chi connectivity index (χ3n) is 11.7. The van der Waals surface area contributed by atoms with Crippen molar-refractivity contribution in [2.75, 3.05) is 33.0 Å². The van der Waals surface area contributed by atoms with Gasteiger partial charge in [-0.05, 0) is 6.07 Å². The van der Waals surface area contributed by atoms with Crippen LogP contribution in [0.3, 0.4) is 0 Å². The molecule has 1 aromatic carbocycles. The summed E-state index contributed by atoms with van der Waals surface area (Å²) in [6.45, 7) is -4.69. The van der Waals surface area contributed by atoms with E-state index in [1.54, 1.807) is 0 Å². The maximum absolute atomic E-state index is 11.2. The molecule has 378 valence electrons. The van der Waals surface area contributed by atoms with Gasteiger partial charge in [0.25, 0.3) is 5.69 Å². The number of nitro groups is 1. The van der Waals surface area contributed by atoms with Gasteiger partial charge >= 0.3 is 0 Å². The largest absolute Gasteiger partial charge is 0.460 e. The van der Waals surface area contributed by atoms with Crippen molar-refractivity contribution in [3.63, 3.8) is 0 Å². The van der Waals surface area contributed by atoms with Crippen LogP contribution in [0.15, 0.2) is 18.2 Å². The second-order valence-corrected chi connectivity index (χ2v) is 16.3. The summed E-state index contributed by atoms with van der Waals surface area (Å²) in [5.41, 5.74) is -0.383. The molecule has 0 saturated carbocycles. The van der Waals surface area contributed by atoms with Crippen molar-refractivity contribution >= 4 is 17.3 Å². The summed E-state index contributed by atoms with van der Waals surface area (Å²) in [4.78, 5) is 10.3. The van der Waals surface area contributed by atoms with Gasteiger partial charge in [-0.2, -0.15) is 0 Å². The van der Waals surface area contributed by atoms with Crippen molar-refractivity contribution in [3.05, 3.63) is 33.3 Å². The van der Waals surface area contributed by atoms with E-state index in [0.29, 0.717) is 0 Å². The van der Waals surface area contributed by atoms with Gasteiger partial charge in [0.1, 0.15) is 128 Å². The first-order chi connectivity index (χ1) is 31.3. The average molecular weight is 984 g/mol. The predicted octanol–water partition coefficient (Wildman–Crippen LogP) is -9.28. The number of aliphatic hydroxyl groups is 16. The van der Waals surface area contributed by atoms with Crippen LogP contribution in [0, 0.1) is 10.1 Å². The number of nitrogens with zero attached hydrogens (tertiary/aromatic N) is 1. The Morgan fingerprint density at radius 2 is 0.758 bits per heavy atom. The summed E-state index contributed by atoms with van der Waals surface area (Å²) in [7, 11) is 0. The van der Waals surface area contributed by atoms with E-state index in [9.17, 15) is 91.8 Å². The van der Waals surface area contributed by atoms with Crippen LogP contribution in [0.25, 0.3) is 0 Å². The second kappa shape index (κ2) is 22.6. The number of halogens is 1. The van der Waals surface area contributed by atoms with Gasteiger partial charge in [-0.1, -0.05) is 11.6 Å². The van der Waals surface area contributed by atoms with Crippen LogP contribution in [0.2, 0.25) is 5.02 Å². The Bertz CT molecular complexity index is 1720. The SMILES string of the molecule is O=[N+]([O-])c1ccc(O[C@@H]2O[C@H](CO)[C@@H](O[C@H]3O[C@H](CO)[C@@H](O[C@H]4O[C@H](CO)[C@@H](O[C@H]5O[C@H](CO)[C@@H](O[C@H]6O[C@H](CO)[C@@H](O)[C@H](O)[C@H]6O)[C@H](O)[C@H]5O)[C@H](O)[C@H]4O)[C@H](O)[C@H]3O)[C@H](O)[C@H]2O)c(Cl)c1. The van der Waals surface area contributed by atoms with Crippen LogP contribution < -0.4 is 4.74 Å². The molecule has 29 nitrogen and oxygen atoms in total. The van der Waals surface area contributed by atoms with Crippen LogP contribution in [0.4, 0.5) is 5.69 Å². The highest BCUT2D eigenvalue weighted by Gasteiger charge is 2.56. The molecular weight excluding hydrogens is 930 g/mol. The zero-order chi connectivity index (χ0) is 48.5. The number of ether oxygens (including phenoxy) is 10. The van der Waals surface area contributed by atoms with E-state index in [-0.39, 0.29) is 16.5 Å². The number of non-ortho nitro benzene ring substituents is 1. The molecule has 16 N–H and O–H groups in total. The molecule has 5 saturated heterocycles. The molecule has 66 heavy (non-hydrogen) atoms. The summed E-state index contributed by atoms with van der Waals surface area (Å²) in [6.07, 6.45) is -46.7. The molecule has 0 bridgehead atoms. The van der Waals surface area contributed by atoms with Crippen LogP contribution >= 0.6 is 11.6 Å². The third-order valence-corrected chi connectivity index (χ3v) is 12.0. The lowest BCUT2D eigenvalue weighted by Crippen LogP contribution is -2.68. The van der Waals surface area contributed by atoms with Crippen LogP contribution in [-0.2, 0) is 42.6 Å². The zero-order valence-electron chi connectivity index (χ0n) is 34.1. The van der Waals surface area contributed by atoms with Crippen LogP contribution in [0.1, 0.15) is 0 Å². The second-order valence-electron chi connectivity index (χ2n) is 15.9. The smallest absolute Gasteiger partial charge is 0.271 e. The monoisotopic (exact) mass is 983 g/mol. The number of aliphatic hydroxyl groups excluding tert-OH is 16. The minimum atomic E-state index is -2.16. The molecule has 1 aromatic rings. The summed E-state index contributed by atoms with van der Waals surface area (Å²) in [5.74, 6) is -0.208. The Balaban J connectivity index is 1.07. The number of rotatable bonds is 16. The first-order valence-electron chi connectivity index (χ1n) is 20.3. The van der Waals surface area contributed by atoms with Crippen molar-refractivity contribution in [3.8, 4) is 5.75 Å². The fourth-order valence-corrected chi connectivity index (χ4v) is 8.16. The molecule has 0 unspecified atom stereocenters. The van der Waals surface area contributed by atoms with E-state index in [4.69, 9.17) is 59.0 Å². The Morgan fingerprint density at radius 3 is 1.08 bits per heavy atom. The van der Waals surface area contributed by atoms with Gasteiger partial charge in [0.05, 0.1) is 43.0 Å². The highest BCUT2D eigenvalue weighted by atomic mass is 35.5. The van der Waals surface area contributed by atoms with E-state index in [0.717, 1.165) is 18.2 Å². The lowest BCUT2D eigenvalue weighted by molar-refractivity contribution is -0.392. The molecule has 30 heteroatoms. The molecule has 0 aliphatic carbocycles. The summed E-state index contributed by atoms with van der Waals surface area (Å²) < 4.78 is 55.6. The number of hydrogen-bond acceptors (Lipinski definition) is 28. The number of nitro benzene ring substituents is 1. The Kier molecular flexibility index (Phi) is 18.2. The van der Waals surface area contributed by atoms with Crippen molar-refractivity contribution in [2.45, 2.75) is 154 Å². The van der Waals surface area contributed by atoms with E-state index >= 15 is 0 Å². The molecule has 0 spiro atoms. The van der Waals surface area contributed by atoms with Gasteiger partial charge in [-0.25, -0.2) is 0 Å². The van der Waals surface area contributed by atoms with Gasteiger partial charge in [-0.3, -0.25) is 10.1 Å². The molecule has 0 amide bonds. The minimum absolute atomic E-state index is 0.208. The maximum atomic E-state index is 11.2. The lowest BCUT2D eigenvalue weighted by Gasteiger charge is -2.49. The summed E-state index contributed by atoms with van der Waals surface area (Å²) >= 11 is 6.06. The third kappa shape index (κ3) is 10.9. The molecule has 6 rings (SSSR count). The first-order valence-corrected chi connectivity index (χ1v) is 20.7. The molecule has 5 heterocycles. The summed E-state index contributed by atoms with van der Waals surface area (Å²) in [5, 5.41) is 180. The van der Waals surface area contributed by atoms with Crippen molar-refractivity contribution in [1.82, 2.24) is 0 Å². The highest BCUT2D eigenvalue weighted by Crippen LogP contribution is 2.37. The Morgan fingerprint density at radius 1 is 0.455 bits per heavy atom. The standard InChI is InChI=1S/C36H54ClNO28/c37-10-3-9(38(55)56)1-2-11(10)57-32-24(51)19(46)28(13(5-40)59-32)64-34-26(53)21(48)30(15(7-42)61-34)66-36-27(54)22(49)31(16(8-43)62-36)65-35-25(52)20(47)29(14(6-41)60-35)63-33-23(50)18(45)17(44)12(4-39)58-33/h1-3,12-36,39-54H,4-8H2/t12-,13-,14-,15-,16-,17-,18+,19-,20-,21-,22-,23-,24-,25-,26-,27-,28-,29-,30-,31-,32-,33-,34-,35-,36-/m1/s1. The topological polar surface area (TPSA) is 459 Å². The van der Waals surface area contributed by atoms with E-state index in [1.807, 2.05) is 0 Å². The quantitative estimate of drug-likeness (QED) is 0.0540. The van der Waals surface area contributed by atoms with Crippen LogP contribution in [0.5, 0.6) is 5.75 Å². The molecule has 5 aliphatic heterocycles. The summed E-state index contributed by atoms with van der Waals surface area (Å²) in [6, 6.07) is 3.09. The molecule has 5 aliphatic rings. The van der Waals surface area contributed by atoms with Crippen molar-refractivity contribution in [1.29, 1.82) is 0 Å². The van der Waals surface area contributed by atoms with E-state index in [1.165, 1.54) is 0 Å². The van der Waals surface area contributed by atoms with Gasteiger partial charge < -0.3 is 129 Å². The first kappa shape index (κ1) is 53.1. The lowest BCUT2D eigenvalue weighted by atomic mass is 9.95. The molecule has 0 radical (unpaired) electrons. The Labute approximate surface area is 376 Å². The van der Waals surface area contributed by atoms with Gasteiger partial charge in [0.15, 0.2) is 25.2 Å². The van der Waals surface area contributed by atoms with E-state index < -0.39 is 191 Å². The minimum Gasteiger partial charge on any atom is -0.460 e. The number of hydrogen-bond donors (Lipinski definition) is 16. The zero-order valence-corrected chi connectivity index (χ0v) is 34.8. The average Bonchev–Trinajstić information content (AvgIpc) is 3.30. The van der Waals surface area contributed by atoms with Crippen molar-refractivity contribution in [2.24, 2.45) is 0 Å². The van der Waals surface area contributed by atoms with Gasteiger partial charge in [-0.15, -0.1) is 0 Å². The van der Waals surface area contributed by atoms with Crippen molar-refractivity contribution < 1.29 is 134 Å². The van der Waals surface area contributed by atoms with Gasteiger partial charge in [0, 0.05) is 12.1 Å².